The molecule has 5 heterocycles. The quantitative estimate of drug-likeness (QED) is 0.198. The monoisotopic (exact) mass is 768 g/mol. The fourth-order valence-corrected chi connectivity index (χ4v) is 7.77. The van der Waals surface area contributed by atoms with Crippen LogP contribution < -0.4 is 0 Å². The summed E-state index contributed by atoms with van der Waals surface area (Å²) in [4.78, 5) is 21.4. The largest absolute Gasteiger partial charge is 0.248 e. The summed E-state index contributed by atoms with van der Waals surface area (Å²) < 4.78 is 1.77. The molecule has 9 rings (SSSR count). The summed E-state index contributed by atoms with van der Waals surface area (Å²) in [6, 6.07) is 41.4. The zero-order valence-electron chi connectivity index (χ0n) is 26.6. The first-order valence-electron chi connectivity index (χ1n) is 16.3. The van der Waals surface area contributed by atoms with Crippen molar-refractivity contribution in [2.45, 2.75) is 0 Å². The summed E-state index contributed by atoms with van der Waals surface area (Å²) in [5.41, 5.74) is 14.5. The molecule has 0 saturated carbocycles. The molecule has 0 unspecified atom stereocenters. The van der Waals surface area contributed by atoms with Crippen LogP contribution >= 0.6 is 31.9 Å². The minimum atomic E-state index is 0.816. The van der Waals surface area contributed by atoms with Crippen molar-refractivity contribution < 1.29 is 0 Å². The molecule has 4 aromatic rings. The van der Waals surface area contributed by atoms with Crippen LogP contribution in [0.1, 0.15) is 22.3 Å². The maximum atomic E-state index is 5.37. The first-order chi connectivity index (χ1) is 24.6. The lowest BCUT2D eigenvalue weighted by Crippen LogP contribution is -2.04. The Balaban J connectivity index is 1.41. The molecule has 5 aliphatic heterocycles. The Labute approximate surface area is 307 Å². The van der Waals surface area contributed by atoms with Crippen LogP contribution in [0, 0.1) is 0 Å². The van der Waals surface area contributed by atoms with E-state index in [4.69, 9.17) is 20.0 Å². The topological polar surface area (TPSA) is 49.4 Å². The summed E-state index contributed by atoms with van der Waals surface area (Å²) in [6.07, 6.45) is 12.6. The molecule has 0 fully saturated rings. The highest BCUT2D eigenvalue weighted by Crippen LogP contribution is 2.42. The maximum absolute atomic E-state index is 5.37. The first kappa shape index (κ1) is 30.5. The van der Waals surface area contributed by atoms with E-state index >= 15 is 0 Å². The van der Waals surface area contributed by atoms with Crippen LogP contribution in [0.2, 0.25) is 0 Å². The van der Waals surface area contributed by atoms with Crippen LogP contribution in [-0.2, 0) is 0 Å². The Hall–Kier alpha value is -5.56. The number of nitrogens with zero attached hydrogens (tertiary/aromatic N) is 4. The van der Waals surface area contributed by atoms with Gasteiger partial charge in [0.1, 0.15) is 0 Å². The molecule has 4 aromatic carbocycles. The summed E-state index contributed by atoms with van der Waals surface area (Å²) in [5.74, 6) is 0. The lowest BCUT2D eigenvalue weighted by atomic mass is 9.98. The van der Waals surface area contributed by atoms with E-state index in [1.807, 2.05) is 24.3 Å². The van der Waals surface area contributed by atoms with Crippen molar-refractivity contribution in [3.63, 3.8) is 0 Å². The van der Waals surface area contributed by atoms with E-state index in [0.717, 1.165) is 99.1 Å². The molecule has 50 heavy (non-hydrogen) atoms. The van der Waals surface area contributed by atoms with E-state index in [1.165, 1.54) is 0 Å². The number of aliphatic imine (C=N–C) groups is 4. The Bertz CT molecular complexity index is 2490. The van der Waals surface area contributed by atoms with E-state index < -0.39 is 0 Å². The normalized spacial score (nSPS) is 18.0. The molecular weight excluding hydrogens is 744 g/mol. The third-order valence-electron chi connectivity index (χ3n) is 8.98. The Kier molecular flexibility index (Phi) is 7.76. The molecule has 236 valence electrons. The fourth-order valence-electron chi connectivity index (χ4n) is 6.76. The van der Waals surface area contributed by atoms with E-state index in [9.17, 15) is 0 Å². The van der Waals surface area contributed by atoms with Crippen molar-refractivity contribution >= 4 is 77.0 Å². The van der Waals surface area contributed by atoms with Gasteiger partial charge in [0.2, 0.25) is 0 Å². The van der Waals surface area contributed by atoms with Crippen LogP contribution in [0.5, 0.6) is 0 Å². The van der Waals surface area contributed by atoms with E-state index in [0.29, 0.717) is 0 Å². The number of benzene rings is 4. The Morgan fingerprint density at radius 2 is 0.780 bits per heavy atom. The average molecular weight is 771 g/mol. The SMILES string of the molecule is BrC1=CC2=C(c3ccccc3)C3=NC(=C(c4ccccc4)C4=NC(=C(c5ccccc5)C5=NC(=C(c6ccccc6)C1=N2)C=C5)C(Br)=C4)C=C3. The third-order valence-corrected chi connectivity index (χ3v) is 10.2. The molecular formula is C44H26Br2N4. The number of hydrogen-bond acceptors (Lipinski definition) is 4. The molecule has 0 amide bonds. The predicted molar refractivity (Wildman–Crippen MR) is 215 cm³/mol. The minimum Gasteiger partial charge on any atom is -0.248 e. The fraction of sp³-hybridized carbons (Fsp3) is 0. The van der Waals surface area contributed by atoms with Gasteiger partial charge in [-0.1, -0.05) is 121 Å². The number of rotatable bonds is 4. The predicted octanol–water partition coefficient (Wildman–Crippen LogP) is 11.1. The second-order valence-electron chi connectivity index (χ2n) is 12.1. The van der Waals surface area contributed by atoms with E-state index in [1.54, 1.807) is 0 Å². The van der Waals surface area contributed by atoms with Gasteiger partial charge in [-0.3, -0.25) is 0 Å². The van der Waals surface area contributed by atoms with Crippen LogP contribution in [-0.4, -0.2) is 22.8 Å². The van der Waals surface area contributed by atoms with Crippen molar-refractivity contribution in [2.24, 2.45) is 20.0 Å². The Morgan fingerprint density at radius 3 is 1.32 bits per heavy atom. The van der Waals surface area contributed by atoms with Crippen molar-refractivity contribution in [1.29, 1.82) is 0 Å². The second-order valence-corrected chi connectivity index (χ2v) is 13.8. The first-order valence-corrected chi connectivity index (χ1v) is 17.9. The zero-order chi connectivity index (χ0) is 33.6. The molecule has 0 saturated heterocycles. The minimum absolute atomic E-state index is 0.816. The van der Waals surface area contributed by atoms with Gasteiger partial charge >= 0.3 is 0 Å². The Morgan fingerprint density at radius 1 is 0.340 bits per heavy atom. The number of halogens is 2. The van der Waals surface area contributed by atoms with Crippen molar-refractivity contribution in [2.75, 3.05) is 0 Å². The summed E-state index contributed by atoms with van der Waals surface area (Å²) in [5, 5.41) is 0. The van der Waals surface area contributed by atoms with Crippen LogP contribution in [0.3, 0.4) is 0 Å². The van der Waals surface area contributed by atoms with Gasteiger partial charge < -0.3 is 0 Å². The van der Waals surface area contributed by atoms with Gasteiger partial charge in [-0.15, -0.1) is 0 Å². The molecule has 0 aliphatic carbocycles. The van der Waals surface area contributed by atoms with Crippen molar-refractivity contribution in [3.8, 4) is 0 Å². The molecule has 0 N–H and O–H groups in total. The van der Waals surface area contributed by atoms with Gasteiger partial charge in [0, 0.05) is 31.3 Å². The summed E-state index contributed by atoms with van der Waals surface area (Å²) in [7, 11) is 0. The zero-order valence-corrected chi connectivity index (χ0v) is 29.7. The number of allylic oxidation sites excluding steroid dienone is 12. The van der Waals surface area contributed by atoms with Gasteiger partial charge in [-0.2, -0.15) is 0 Å². The highest BCUT2D eigenvalue weighted by molar-refractivity contribution is 9.12. The van der Waals surface area contributed by atoms with Crippen molar-refractivity contribution in [1.82, 2.24) is 0 Å². The van der Waals surface area contributed by atoms with Crippen LogP contribution in [0.15, 0.2) is 210 Å². The molecule has 0 radical (unpaired) electrons. The summed E-state index contributed by atoms with van der Waals surface area (Å²) >= 11 is 7.85. The maximum Gasteiger partial charge on any atom is 0.0880 e. The summed E-state index contributed by atoms with van der Waals surface area (Å²) in [6.45, 7) is 0. The number of hydrogen-bond donors (Lipinski definition) is 0. The molecule has 6 heteroatoms. The molecule has 4 nitrogen and oxygen atoms in total. The van der Waals surface area contributed by atoms with Gasteiger partial charge in [0.25, 0.3) is 0 Å². The second kappa shape index (κ2) is 12.7. The standard InChI is InChI=1S/C44H26Br2N4/c45-31-25-37-39(27-13-5-1-6-14-27)33-21-22-34(47-33)40(28-15-7-2-8-16-28)38-26-32(46)44(50-38)42(30-19-11-4-12-20-30)36-24-23-35(48-36)41(43(31)49-37)29-17-9-3-10-18-29/h1-26H. The van der Waals surface area contributed by atoms with Crippen molar-refractivity contribution in [3.05, 3.63) is 212 Å². The molecule has 5 aliphatic rings. The molecule has 0 spiro atoms. The lowest BCUT2D eigenvalue weighted by Gasteiger charge is -2.13. The van der Waals surface area contributed by atoms with Crippen LogP contribution in [0.4, 0.5) is 0 Å². The smallest absolute Gasteiger partial charge is 0.0880 e. The highest BCUT2D eigenvalue weighted by atomic mass is 79.9. The number of fused-ring (bicyclic) bond motifs is 4. The van der Waals surface area contributed by atoms with Gasteiger partial charge in [-0.25, -0.2) is 20.0 Å². The third kappa shape index (κ3) is 5.38. The van der Waals surface area contributed by atoms with E-state index in [2.05, 4.69) is 165 Å². The molecule has 0 aromatic heterocycles. The van der Waals surface area contributed by atoms with Gasteiger partial charge in [0.05, 0.1) is 45.6 Å². The molecule has 8 bridgehead atoms. The van der Waals surface area contributed by atoms with Gasteiger partial charge in [0.15, 0.2) is 0 Å². The van der Waals surface area contributed by atoms with Crippen LogP contribution in [0.25, 0.3) is 22.3 Å². The van der Waals surface area contributed by atoms with E-state index in [-0.39, 0.29) is 0 Å². The van der Waals surface area contributed by atoms with Gasteiger partial charge in [-0.05, 0) is 90.6 Å². The highest BCUT2D eigenvalue weighted by Gasteiger charge is 2.30. The molecule has 0 atom stereocenters. The lowest BCUT2D eigenvalue weighted by molar-refractivity contribution is 1.40. The average Bonchev–Trinajstić information content (AvgIpc) is 3.97.